The van der Waals surface area contributed by atoms with E-state index >= 15 is 0 Å². The van der Waals surface area contributed by atoms with Gasteiger partial charge in [-0.25, -0.2) is 4.79 Å². The molecule has 3 rings (SSSR count). The Morgan fingerprint density at radius 2 is 1.60 bits per heavy atom. The van der Waals surface area contributed by atoms with Crippen molar-refractivity contribution >= 4 is 29.7 Å². The monoisotopic (exact) mass is 486 g/mol. The zero-order valence-electron chi connectivity index (χ0n) is 21.1. The molecule has 1 aromatic rings. The molecule has 0 saturated carbocycles. The topological polar surface area (TPSA) is 116 Å². The van der Waals surface area contributed by atoms with Gasteiger partial charge < -0.3 is 19.9 Å². The van der Waals surface area contributed by atoms with Crippen LogP contribution in [-0.2, 0) is 9.53 Å². The lowest BCUT2D eigenvalue weighted by Crippen LogP contribution is -2.43. The molecule has 0 atom stereocenters. The third kappa shape index (κ3) is 6.37. The molecule has 1 fully saturated rings. The Balaban J connectivity index is 1.60. The number of carbonyl (C=O) groups is 5. The SMILES string of the molecule is CC(C)CN1C(=O)c2ccc(C(=O)N3CCCN(C(=O)CNC(=O)OC(C)(C)C)CC3)cc2C1=O. The van der Waals surface area contributed by atoms with Crippen LogP contribution in [0.1, 0.15) is 72.1 Å². The minimum atomic E-state index is -0.658. The van der Waals surface area contributed by atoms with Crippen molar-refractivity contribution in [2.24, 2.45) is 5.92 Å². The average molecular weight is 487 g/mol. The van der Waals surface area contributed by atoms with Crippen LogP contribution in [0.3, 0.4) is 0 Å². The van der Waals surface area contributed by atoms with Crippen molar-refractivity contribution in [2.45, 2.75) is 46.6 Å². The molecule has 0 unspecified atom stereocenters. The molecule has 35 heavy (non-hydrogen) atoms. The zero-order chi connectivity index (χ0) is 25.9. The van der Waals surface area contributed by atoms with Crippen molar-refractivity contribution in [3.8, 4) is 0 Å². The fourth-order valence-electron chi connectivity index (χ4n) is 4.08. The number of rotatable bonds is 5. The molecule has 5 amide bonds. The van der Waals surface area contributed by atoms with Crippen molar-refractivity contribution in [3.63, 3.8) is 0 Å². The lowest BCUT2D eigenvalue weighted by atomic mass is 10.0. The number of hydrogen-bond acceptors (Lipinski definition) is 6. The summed E-state index contributed by atoms with van der Waals surface area (Å²) in [6.45, 7) is 10.8. The van der Waals surface area contributed by atoms with E-state index in [0.29, 0.717) is 50.3 Å². The summed E-state index contributed by atoms with van der Waals surface area (Å²) in [4.78, 5) is 67.3. The molecule has 1 saturated heterocycles. The van der Waals surface area contributed by atoms with Gasteiger partial charge in [-0.2, -0.15) is 0 Å². The second kappa shape index (κ2) is 10.5. The van der Waals surface area contributed by atoms with Gasteiger partial charge in [-0.3, -0.25) is 24.1 Å². The standard InChI is InChI=1S/C25H34N4O6/c1-16(2)15-29-22(32)18-8-7-17(13-19(18)23(29)33)21(31)28-10-6-9-27(11-12-28)20(30)14-26-24(34)35-25(3,4)5/h7-8,13,16H,6,9-12,14-15H2,1-5H3,(H,26,34). The zero-order valence-corrected chi connectivity index (χ0v) is 21.1. The van der Waals surface area contributed by atoms with E-state index in [1.807, 2.05) is 13.8 Å². The normalized spacial score (nSPS) is 16.3. The molecule has 2 aliphatic rings. The van der Waals surface area contributed by atoms with Gasteiger partial charge in [0, 0.05) is 38.3 Å². The van der Waals surface area contributed by atoms with Gasteiger partial charge in [0.2, 0.25) is 5.91 Å². The third-order valence-corrected chi connectivity index (χ3v) is 5.68. The largest absolute Gasteiger partial charge is 0.444 e. The molecule has 1 N–H and O–H groups in total. The van der Waals surface area contributed by atoms with E-state index in [1.54, 1.807) is 42.7 Å². The first-order chi connectivity index (χ1) is 16.4. The lowest BCUT2D eigenvalue weighted by Gasteiger charge is -2.23. The van der Waals surface area contributed by atoms with Crippen LogP contribution in [0.25, 0.3) is 0 Å². The number of ether oxygens (including phenoxy) is 1. The van der Waals surface area contributed by atoms with Crippen molar-refractivity contribution in [2.75, 3.05) is 39.3 Å². The number of amides is 5. The minimum absolute atomic E-state index is 0.139. The van der Waals surface area contributed by atoms with Gasteiger partial charge in [0.15, 0.2) is 0 Å². The maximum Gasteiger partial charge on any atom is 0.408 e. The fourth-order valence-corrected chi connectivity index (χ4v) is 4.08. The predicted octanol–water partition coefficient (Wildman–Crippen LogP) is 2.14. The van der Waals surface area contributed by atoms with E-state index in [0.717, 1.165) is 0 Å². The minimum Gasteiger partial charge on any atom is -0.444 e. The first kappa shape index (κ1) is 26.2. The quantitative estimate of drug-likeness (QED) is 0.638. The fraction of sp³-hybridized carbons (Fsp3) is 0.560. The number of fused-ring (bicyclic) bond motifs is 1. The van der Waals surface area contributed by atoms with Gasteiger partial charge >= 0.3 is 6.09 Å². The number of imide groups is 1. The van der Waals surface area contributed by atoms with Crippen molar-refractivity contribution < 1.29 is 28.7 Å². The van der Waals surface area contributed by atoms with Gasteiger partial charge in [0.25, 0.3) is 17.7 Å². The molecule has 10 heteroatoms. The predicted molar refractivity (Wildman–Crippen MR) is 128 cm³/mol. The highest BCUT2D eigenvalue weighted by Gasteiger charge is 2.36. The molecule has 0 aromatic heterocycles. The summed E-state index contributed by atoms with van der Waals surface area (Å²) >= 11 is 0. The summed E-state index contributed by atoms with van der Waals surface area (Å²) in [6.07, 6.45) is -0.0804. The van der Waals surface area contributed by atoms with Crippen LogP contribution < -0.4 is 5.32 Å². The number of hydrogen-bond donors (Lipinski definition) is 1. The summed E-state index contributed by atoms with van der Waals surface area (Å²) in [5, 5.41) is 2.47. The maximum atomic E-state index is 13.2. The van der Waals surface area contributed by atoms with E-state index in [2.05, 4.69) is 5.32 Å². The molecule has 0 bridgehead atoms. The average Bonchev–Trinajstić information content (AvgIpc) is 2.94. The Kier molecular flexibility index (Phi) is 7.82. The number of nitrogens with zero attached hydrogens (tertiary/aromatic N) is 3. The molecular formula is C25H34N4O6. The van der Waals surface area contributed by atoms with Crippen LogP contribution in [0, 0.1) is 5.92 Å². The number of carbonyl (C=O) groups excluding carboxylic acids is 5. The van der Waals surface area contributed by atoms with Crippen molar-refractivity contribution in [1.82, 2.24) is 20.0 Å². The van der Waals surface area contributed by atoms with E-state index in [1.165, 1.54) is 11.0 Å². The highest BCUT2D eigenvalue weighted by molar-refractivity contribution is 6.22. The highest BCUT2D eigenvalue weighted by atomic mass is 16.6. The molecule has 2 heterocycles. The van der Waals surface area contributed by atoms with Crippen molar-refractivity contribution in [3.05, 3.63) is 34.9 Å². The van der Waals surface area contributed by atoms with E-state index in [-0.39, 0.29) is 41.7 Å². The number of nitrogens with one attached hydrogen (secondary N) is 1. The van der Waals surface area contributed by atoms with E-state index in [9.17, 15) is 24.0 Å². The van der Waals surface area contributed by atoms with Crippen LogP contribution in [0.2, 0.25) is 0 Å². The molecule has 0 aliphatic carbocycles. The lowest BCUT2D eigenvalue weighted by molar-refractivity contribution is -0.130. The second-order valence-electron chi connectivity index (χ2n) is 10.3. The van der Waals surface area contributed by atoms with Gasteiger partial charge in [-0.1, -0.05) is 13.8 Å². The molecule has 0 radical (unpaired) electrons. The Morgan fingerprint density at radius 1 is 0.971 bits per heavy atom. The molecule has 1 aromatic carbocycles. The van der Waals surface area contributed by atoms with Crippen LogP contribution >= 0.6 is 0 Å². The first-order valence-electron chi connectivity index (χ1n) is 11.9. The van der Waals surface area contributed by atoms with E-state index in [4.69, 9.17) is 4.74 Å². The van der Waals surface area contributed by atoms with Gasteiger partial charge in [-0.15, -0.1) is 0 Å². The molecule has 10 nitrogen and oxygen atoms in total. The van der Waals surface area contributed by atoms with E-state index < -0.39 is 11.7 Å². The van der Waals surface area contributed by atoms with Gasteiger partial charge in [0.1, 0.15) is 12.1 Å². The Morgan fingerprint density at radius 3 is 2.26 bits per heavy atom. The maximum absolute atomic E-state index is 13.2. The first-order valence-corrected chi connectivity index (χ1v) is 11.9. The summed E-state index contributed by atoms with van der Waals surface area (Å²) in [7, 11) is 0. The molecule has 2 aliphatic heterocycles. The highest BCUT2D eigenvalue weighted by Crippen LogP contribution is 2.25. The smallest absolute Gasteiger partial charge is 0.408 e. The van der Waals surface area contributed by atoms with Gasteiger partial charge in [0.05, 0.1) is 11.1 Å². The third-order valence-electron chi connectivity index (χ3n) is 5.68. The van der Waals surface area contributed by atoms with Crippen LogP contribution in [-0.4, -0.2) is 89.3 Å². The van der Waals surface area contributed by atoms with Gasteiger partial charge in [-0.05, 0) is 51.3 Å². The Hall–Kier alpha value is -3.43. The van der Waals surface area contributed by atoms with Crippen LogP contribution in [0.4, 0.5) is 4.79 Å². The summed E-state index contributed by atoms with van der Waals surface area (Å²) < 4.78 is 5.15. The summed E-state index contributed by atoms with van der Waals surface area (Å²) in [6, 6.07) is 4.61. The number of alkyl carbamates (subject to hydrolysis) is 1. The van der Waals surface area contributed by atoms with Crippen LogP contribution in [0.15, 0.2) is 18.2 Å². The molecule has 190 valence electrons. The molecule has 0 spiro atoms. The number of benzene rings is 1. The second-order valence-corrected chi connectivity index (χ2v) is 10.3. The van der Waals surface area contributed by atoms with Crippen molar-refractivity contribution in [1.29, 1.82) is 0 Å². The summed E-state index contributed by atoms with van der Waals surface area (Å²) in [5.41, 5.74) is 0.250. The Bertz CT molecular complexity index is 1030. The summed E-state index contributed by atoms with van der Waals surface area (Å²) in [5.74, 6) is -1.07. The Labute approximate surface area is 205 Å². The van der Waals surface area contributed by atoms with Crippen LogP contribution in [0.5, 0.6) is 0 Å². The molecular weight excluding hydrogens is 452 g/mol.